The minimum absolute atomic E-state index is 0.0665. The Kier molecular flexibility index (Phi) is 5.60. The number of rotatable bonds is 7. The summed E-state index contributed by atoms with van der Waals surface area (Å²) in [7, 11) is -3.58. The van der Waals surface area contributed by atoms with E-state index in [2.05, 4.69) is 16.9 Å². The van der Waals surface area contributed by atoms with E-state index < -0.39 is 10.0 Å². The SMILES string of the molecule is CCn1c(=O)sc2cc(S(=O)(=O)NCCCc3cccc(C)c3)ccc21. The summed E-state index contributed by atoms with van der Waals surface area (Å²) in [6.07, 6.45) is 1.55. The molecule has 0 atom stereocenters. The molecule has 7 heteroatoms. The first-order valence-corrected chi connectivity index (χ1v) is 10.9. The molecule has 0 aliphatic rings. The van der Waals surface area contributed by atoms with Crippen LogP contribution in [0.5, 0.6) is 0 Å². The van der Waals surface area contributed by atoms with Crippen LogP contribution in [0.3, 0.4) is 0 Å². The summed E-state index contributed by atoms with van der Waals surface area (Å²) in [6.45, 7) is 4.89. The summed E-state index contributed by atoms with van der Waals surface area (Å²) in [5.74, 6) is 0. The van der Waals surface area contributed by atoms with Gasteiger partial charge in [0.1, 0.15) is 0 Å². The number of hydrogen-bond acceptors (Lipinski definition) is 4. The van der Waals surface area contributed by atoms with Crippen LogP contribution < -0.4 is 9.60 Å². The van der Waals surface area contributed by atoms with E-state index >= 15 is 0 Å². The Morgan fingerprint density at radius 2 is 1.96 bits per heavy atom. The largest absolute Gasteiger partial charge is 0.308 e. The van der Waals surface area contributed by atoms with Gasteiger partial charge in [-0.1, -0.05) is 41.2 Å². The normalized spacial score (nSPS) is 11.9. The Hall–Kier alpha value is -1.96. The summed E-state index contributed by atoms with van der Waals surface area (Å²) in [4.78, 5) is 12.0. The summed E-state index contributed by atoms with van der Waals surface area (Å²) in [6, 6.07) is 13.1. The molecule has 1 aromatic heterocycles. The molecular weight excluding hydrogens is 368 g/mol. The zero-order chi connectivity index (χ0) is 18.7. The summed E-state index contributed by atoms with van der Waals surface area (Å²) >= 11 is 1.08. The molecule has 26 heavy (non-hydrogen) atoms. The van der Waals surface area contributed by atoms with Crippen LogP contribution in [0.15, 0.2) is 52.2 Å². The van der Waals surface area contributed by atoms with Crippen molar-refractivity contribution in [3.63, 3.8) is 0 Å². The van der Waals surface area contributed by atoms with Crippen LogP contribution in [-0.4, -0.2) is 19.5 Å². The molecule has 3 aromatic rings. The van der Waals surface area contributed by atoms with Gasteiger partial charge >= 0.3 is 4.87 Å². The third kappa shape index (κ3) is 4.06. The highest BCUT2D eigenvalue weighted by atomic mass is 32.2. The highest BCUT2D eigenvalue weighted by Crippen LogP contribution is 2.21. The van der Waals surface area contributed by atoms with Gasteiger partial charge in [0.15, 0.2) is 0 Å². The smallest absolute Gasteiger partial charge is 0.299 e. The molecule has 0 saturated carbocycles. The van der Waals surface area contributed by atoms with Crippen LogP contribution in [0.4, 0.5) is 0 Å². The molecule has 0 radical (unpaired) electrons. The number of nitrogens with zero attached hydrogens (tertiary/aromatic N) is 1. The predicted octanol–water partition coefficient (Wildman–Crippen LogP) is 3.30. The number of sulfonamides is 1. The van der Waals surface area contributed by atoms with Crippen LogP contribution in [0, 0.1) is 6.92 Å². The van der Waals surface area contributed by atoms with Crippen molar-refractivity contribution < 1.29 is 8.42 Å². The first-order chi connectivity index (χ1) is 12.4. The van der Waals surface area contributed by atoms with Gasteiger partial charge in [-0.25, -0.2) is 13.1 Å². The number of hydrogen-bond donors (Lipinski definition) is 1. The van der Waals surface area contributed by atoms with Gasteiger partial charge in [0, 0.05) is 13.1 Å². The van der Waals surface area contributed by atoms with Crippen LogP contribution in [0.2, 0.25) is 0 Å². The zero-order valence-electron chi connectivity index (χ0n) is 14.9. The highest BCUT2D eigenvalue weighted by molar-refractivity contribution is 7.89. The number of aryl methyl sites for hydroxylation is 3. The molecular formula is C19H22N2O3S2. The first-order valence-electron chi connectivity index (χ1n) is 8.59. The Bertz CT molecular complexity index is 1080. The van der Waals surface area contributed by atoms with E-state index in [4.69, 9.17) is 0 Å². The lowest BCUT2D eigenvalue weighted by Crippen LogP contribution is -2.25. The molecule has 0 spiro atoms. The van der Waals surface area contributed by atoms with E-state index in [1.165, 1.54) is 11.1 Å². The maximum Gasteiger partial charge on any atom is 0.308 e. The Morgan fingerprint density at radius 1 is 1.15 bits per heavy atom. The van der Waals surface area contributed by atoms with E-state index in [-0.39, 0.29) is 9.77 Å². The lowest BCUT2D eigenvalue weighted by Gasteiger charge is -2.08. The standard InChI is InChI=1S/C19H22N2O3S2/c1-3-21-17-10-9-16(13-18(17)25-19(21)22)26(23,24)20-11-5-8-15-7-4-6-14(2)12-15/h4,6-7,9-10,12-13,20H,3,5,8,11H2,1-2H3. The lowest BCUT2D eigenvalue weighted by molar-refractivity contribution is 0.579. The number of nitrogens with one attached hydrogen (secondary N) is 1. The van der Waals surface area contributed by atoms with Gasteiger partial charge in [-0.15, -0.1) is 0 Å². The van der Waals surface area contributed by atoms with Crippen molar-refractivity contribution in [2.75, 3.05) is 6.54 Å². The third-order valence-electron chi connectivity index (χ3n) is 4.28. The lowest BCUT2D eigenvalue weighted by atomic mass is 10.1. The summed E-state index contributed by atoms with van der Waals surface area (Å²) in [5, 5.41) is 0. The second kappa shape index (κ2) is 7.73. The molecule has 0 bridgehead atoms. The minimum atomic E-state index is -3.58. The fourth-order valence-corrected chi connectivity index (χ4v) is 5.13. The molecule has 0 aliphatic carbocycles. The monoisotopic (exact) mass is 390 g/mol. The number of fused-ring (bicyclic) bond motifs is 1. The number of aromatic nitrogens is 1. The Morgan fingerprint density at radius 3 is 2.69 bits per heavy atom. The van der Waals surface area contributed by atoms with Crippen LogP contribution in [0.1, 0.15) is 24.5 Å². The second-order valence-corrected chi connectivity index (χ2v) is 8.99. The van der Waals surface area contributed by atoms with Gasteiger partial charge in [0.25, 0.3) is 0 Å². The van der Waals surface area contributed by atoms with Gasteiger partial charge < -0.3 is 0 Å². The molecule has 5 nitrogen and oxygen atoms in total. The first kappa shape index (κ1) is 18.8. The molecule has 1 heterocycles. The Balaban J connectivity index is 1.68. The molecule has 2 aromatic carbocycles. The topological polar surface area (TPSA) is 68.2 Å². The average molecular weight is 391 g/mol. The van der Waals surface area contributed by atoms with Gasteiger partial charge in [0.2, 0.25) is 10.0 Å². The van der Waals surface area contributed by atoms with Crippen LogP contribution in [0.25, 0.3) is 10.2 Å². The highest BCUT2D eigenvalue weighted by Gasteiger charge is 2.16. The van der Waals surface area contributed by atoms with Gasteiger partial charge in [0.05, 0.1) is 15.1 Å². The second-order valence-electron chi connectivity index (χ2n) is 6.23. The van der Waals surface area contributed by atoms with Crippen molar-refractivity contribution in [2.24, 2.45) is 0 Å². The van der Waals surface area contributed by atoms with E-state index in [0.29, 0.717) is 17.8 Å². The fourth-order valence-electron chi connectivity index (χ4n) is 2.96. The average Bonchev–Trinajstić information content (AvgIpc) is 2.93. The number of benzene rings is 2. The maximum atomic E-state index is 12.5. The Labute approximate surface area is 157 Å². The zero-order valence-corrected chi connectivity index (χ0v) is 16.5. The molecule has 0 saturated heterocycles. The van der Waals surface area contributed by atoms with Crippen molar-refractivity contribution in [3.05, 3.63) is 63.3 Å². The molecule has 0 aliphatic heterocycles. The molecule has 0 unspecified atom stereocenters. The van der Waals surface area contributed by atoms with Crippen molar-refractivity contribution in [3.8, 4) is 0 Å². The molecule has 0 amide bonds. The van der Waals surface area contributed by atoms with Gasteiger partial charge in [-0.05, 0) is 50.5 Å². The van der Waals surface area contributed by atoms with Crippen molar-refractivity contribution in [2.45, 2.75) is 38.1 Å². The van der Waals surface area contributed by atoms with Crippen molar-refractivity contribution in [1.29, 1.82) is 0 Å². The van der Waals surface area contributed by atoms with Gasteiger partial charge in [-0.3, -0.25) is 9.36 Å². The van der Waals surface area contributed by atoms with Gasteiger partial charge in [-0.2, -0.15) is 0 Å². The van der Waals surface area contributed by atoms with E-state index in [0.717, 1.165) is 29.7 Å². The molecule has 1 N–H and O–H groups in total. The maximum absolute atomic E-state index is 12.5. The molecule has 0 fully saturated rings. The molecule has 3 rings (SSSR count). The van der Waals surface area contributed by atoms with E-state index in [1.54, 1.807) is 22.8 Å². The quantitative estimate of drug-likeness (QED) is 0.630. The molecule has 138 valence electrons. The minimum Gasteiger partial charge on any atom is -0.299 e. The van der Waals surface area contributed by atoms with E-state index in [1.807, 2.05) is 26.0 Å². The summed E-state index contributed by atoms with van der Waals surface area (Å²) in [5.41, 5.74) is 3.19. The van der Waals surface area contributed by atoms with Crippen LogP contribution in [-0.2, 0) is 23.0 Å². The van der Waals surface area contributed by atoms with Crippen molar-refractivity contribution in [1.82, 2.24) is 9.29 Å². The third-order valence-corrected chi connectivity index (χ3v) is 6.68. The number of thiazole rings is 1. The fraction of sp³-hybridized carbons (Fsp3) is 0.316. The van der Waals surface area contributed by atoms with Crippen LogP contribution >= 0.6 is 11.3 Å². The van der Waals surface area contributed by atoms with E-state index in [9.17, 15) is 13.2 Å². The summed E-state index contributed by atoms with van der Waals surface area (Å²) < 4.78 is 30.0. The van der Waals surface area contributed by atoms with Crippen molar-refractivity contribution >= 4 is 31.6 Å². The predicted molar refractivity (Wildman–Crippen MR) is 106 cm³/mol.